The molecular formula is C22H33NO5. The molecule has 1 saturated heterocycles. The van der Waals surface area contributed by atoms with Crippen molar-refractivity contribution in [1.82, 2.24) is 0 Å². The number of carbonyl (C=O) groups is 2. The van der Waals surface area contributed by atoms with E-state index in [-0.39, 0.29) is 5.97 Å². The third-order valence-corrected chi connectivity index (χ3v) is 5.01. The van der Waals surface area contributed by atoms with Crippen molar-refractivity contribution < 1.29 is 23.8 Å². The minimum Gasteiger partial charge on any atom is -0.459 e. The number of hydrogen-bond acceptors (Lipinski definition) is 6. The van der Waals surface area contributed by atoms with Crippen molar-refractivity contribution in [2.24, 2.45) is 5.73 Å². The second-order valence-corrected chi connectivity index (χ2v) is 7.39. The van der Waals surface area contributed by atoms with E-state index >= 15 is 0 Å². The molecule has 1 aliphatic heterocycles. The maximum Gasteiger partial charge on any atom is 0.338 e. The first kappa shape index (κ1) is 22.4. The maximum atomic E-state index is 12.6. The fourth-order valence-corrected chi connectivity index (χ4v) is 3.35. The summed E-state index contributed by atoms with van der Waals surface area (Å²) in [6, 6.07) is 8.28. The minimum absolute atomic E-state index is 0.389. The number of nitrogens with two attached hydrogens (primary N) is 1. The Hall–Kier alpha value is -1.92. The van der Waals surface area contributed by atoms with Crippen molar-refractivity contribution in [3.05, 3.63) is 35.9 Å². The first-order valence-electron chi connectivity index (χ1n) is 10.4. The van der Waals surface area contributed by atoms with E-state index in [0.717, 1.165) is 32.1 Å². The minimum atomic E-state index is -0.619. The summed E-state index contributed by atoms with van der Waals surface area (Å²) in [4.78, 5) is 24.8. The summed E-state index contributed by atoms with van der Waals surface area (Å²) in [6.07, 6.45) is 4.28. The van der Waals surface area contributed by atoms with Crippen LogP contribution in [-0.4, -0.2) is 42.9 Å². The Kier molecular flexibility index (Phi) is 9.44. The molecule has 28 heavy (non-hydrogen) atoms. The highest BCUT2D eigenvalue weighted by atomic mass is 16.6. The molecule has 0 aliphatic carbocycles. The van der Waals surface area contributed by atoms with E-state index in [2.05, 4.69) is 6.92 Å². The van der Waals surface area contributed by atoms with Gasteiger partial charge >= 0.3 is 11.9 Å². The molecule has 1 aromatic rings. The fourth-order valence-electron chi connectivity index (χ4n) is 3.35. The average Bonchev–Trinajstić information content (AvgIpc) is 2.70. The van der Waals surface area contributed by atoms with Gasteiger partial charge in [0.1, 0.15) is 24.4 Å². The van der Waals surface area contributed by atoms with E-state index in [0.29, 0.717) is 25.0 Å². The molecule has 2 rings (SSSR count). The number of cyclic esters (lactones) is 1. The molecule has 0 bridgehead atoms. The molecule has 0 spiro atoms. The lowest BCUT2D eigenvalue weighted by Gasteiger charge is -2.33. The highest BCUT2D eigenvalue weighted by Crippen LogP contribution is 2.22. The van der Waals surface area contributed by atoms with Crippen LogP contribution in [0.15, 0.2) is 30.3 Å². The monoisotopic (exact) mass is 391 g/mol. The van der Waals surface area contributed by atoms with Gasteiger partial charge in [-0.15, -0.1) is 0 Å². The van der Waals surface area contributed by atoms with Crippen molar-refractivity contribution in [3.8, 4) is 0 Å². The maximum absolute atomic E-state index is 12.6. The van der Waals surface area contributed by atoms with Gasteiger partial charge in [-0.05, 0) is 44.7 Å². The van der Waals surface area contributed by atoms with Crippen LogP contribution in [0.25, 0.3) is 0 Å². The predicted octanol–water partition coefficient (Wildman–Crippen LogP) is 3.62. The van der Waals surface area contributed by atoms with E-state index in [1.807, 2.05) is 6.07 Å². The molecule has 0 unspecified atom stereocenters. The standard InChI is InChI=1S/C22H33NO5/c1-3-4-10-15-26-20-16(2)27-22(25)18(23)13-8-9-14-19(20)28-21(24)17-11-6-5-7-12-17/h5-7,11-12,16,18-20H,3-4,8-10,13-15,23H2,1-2H3/t16-,18-,19-,20-/m0/s1. The second kappa shape index (κ2) is 11.8. The predicted molar refractivity (Wildman–Crippen MR) is 107 cm³/mol. The summed E-state index contributed by atoms with van der Waals surface area (Å²) in [5.74, 6) is -0.815. The number of hydrogen-bond donors (Lipinski definition) is 1. The van der Waals surface area contributed by atoms with Crippen molar-refractivity contribution in [3.63, 3.8) is 0 Å². The van der Waals surface area contributed by atoms with Gasteiger partial charge in [0.15, 0.2) is 0 Å². The number of rotatable bonds is 7. The quantitative estimate of drug-likeness (QED) is 0.564. The molecule has 156 valence electrons. The largest absolute Gasteiger partial charge is 0.459 e. The number of benzene rings is 1. The molecule has 2 N–H and O–H groups in total. The number of unbranched alkanes of at least 4 members (excludes halogenated alkanes) is 2. The zero-order valence-corrected chi connectivity index (χ0v) is 17.0. The summed E-state index contributed by atoms with van der Waals surface area (Å²) >= 11 is 0. The number of esters is 2. The summed E-state index contributed by atoms with van der Waals surface area (Å²) in [5, 5.41) is 0. The molecule has 1 fully saturated rings. The Morgan fingerprint density at radius 3 is 2.61 bits per heavy atom. The summed E-state index contributed by atoms with van der Waals surface area (Å²) < 4.78 is 17.4. The van der Waals surface area contributed by atoms with Crippen molar-refractivity contribution in [2.45, 2.75) is 83.1 Å². The first-order chi connectivity index (χ1) is 13.5. The third kappa shape index (κ3) is 6.91. The van der Waals surface area contributed by atoms with Crippen LogP contribution in [0.3, 0.4) is 0 Å². The smallest absolute Gasteiger partial charge is 0.338 e. The van der Waals surface area contributed by atoms with Crippen LogP contribution < -0.4 is 5.73 Å². The Morgan fingerprint density at radius 2 is 1.89 bits per heavy atom. The molecule has 6 nitrogen and oxygen atoms in total. The Morgan fingerprint density at radius 1 is 1.18 bits per heavy atom. The van der Waals surface area contributed by atoms with E-state index in [1.165, 1.54) is 0 Å². The lowest BCUT2D eigenvalue weighted by molar-refractivity contribution is -0.166. The van der Waals surface area contributed by atoms with Crippen LogP contribution in [0.5, 0.6) is 0 Å². The molecule has 1 aliphatic rings. The topological polar surface area (TPSA) is 87.8 Å². The zero-order chi connectivity index (χ0) is 20.4. The van der Waals surface area contributed by atoms with Crippen LogP contribution >= 0.6 is 0 Å². The van der Waals surface area contributed by atoms with Gasteiger partial charge in [0.05, 0.1) is 5.56 Å². The lowest BCUT2D eigenvalue weighted by atomic mass is 9.99. The molecule has 1 heterocycles. The van der Waals surface area contributed by atoms with Gasteiger partial charge in [0.2, 0.25) is 0 Å². The van der Waals surface area contributed by atoms with Gasteiger partial charge in [-0.2, -0.15) is 0 Å². The molecule has 0 saturated carbocycles. The van der Waals surface area contributed by atoms with Gasteiger partial charge in [-0.1, -0.05) is 44.4 Å². The molecule has 6 heteroatoms. The van der Waals surface area contributed by atoms with E-state index in [4.69, 9.17) is 19.9 Å². The Bertz CT molecular complexity index is 606. The number of ether oxygens (including phenoxy) is 3. The molecule has 4 atom stereocenters. The van der Waals surface area contributed by atoms with Gasteiger partial charge in [0, 0.05) is 6.61 Å². The average molecular weight is 392 g/mol. The van der Waals surface area contributed by atoms with Crippen LogP contribution in [0, 0.1) is 0 Å². The summed E-state index contributed by atoms with van der Waals surface area (Å²) in [5.41, 5.74) is 6.40. The third-order valence-electron chi connectivity index (χ3n) is 5.01. The van der Waals surface area contributed by atoms with E-state index in [1.54, 1.807) is 31.2 Å². The zero-order valence-electron chi connectivity index (χ0n) is 17.0. The van der Waals surface area contributed by atoms with Crippen LogP contribution in [0.4, 0.5) is 0 Å². The van der Waals surface area contributed by atoms with Crippen molar-refractivity contribution in [2.75, 3.05) is 6.61 Å². The van der Waals surface area contributed by atoms with Gasteiger partial charge in [0.25, 0.3) is 0 Å². The first-order valence-corrected chi connectivity index (χ1v) is 10.4. The normalized spacial score (nSPS) is 26.3. The second-order valence-electron chi connectivity index (χ2n) is 7.39. The van der Waals surface area contributed by atoms with Crippen molar-refractivity contribution >= 4 is 11.9 Å². The molecule has 0 radical (unpaired) electrons. The highest BCUT2D eigenvalue weighted by Gasteiger charge is 2.35. The Balaban J connectivity index is 2.14. The van der Waals surface area contributed by atoms with Crippen molar-refractivity contribution in [1.29, 1.82) is 0 Å². The van der Waals surface area contributed by atoms with Gasteiger partial charge in [-0.3, -0.25) is 4.79 Å². The van der Waals surface area contributed by atoms with Gasteiger partial charge in [-0.25, -0.2) is 4.79 Å². The lowest BCUT2D eigenvalue weighted by Crippen LogP contribution is -2.46. The van der Waals surface area contributed by atoms with Crippen LogP contribution in [-0.2, 0) is 19.0 Å². The SMILES string of the molecule is CCCCCO[C@H]1[C@H](C)OC(=O)[C@@H](N)CCCC[C@@H]1OC(=O)c1ccccc1. The van der Waals surface area contributed by atoms with Crippen LogP contribution in [0.2, 0.25) is 0 Å². The van der Waals surface area contributed by atoms with E-state index < -0.39 is 30.3 Å². The number of carbonyl (C=O) groups excluding carboxylic acids is 2. The molecule has 0 amide bonds. The molecule has 0 aromatic heterocycles. The molecule has 1 aromatic carbocycles. The highest BCUT2D eigenvalue weighted by molar-refractivity contribution is 5.89. The van der Waals surface area contributed by atoms with Crippen LogP contribution in [0.1, 0.15) is 69.2 Å². The summed E-state index contributed by atoms with van der Waals surface area (Å²) in [6.45, 7) is 4.44. The Labute approximate surface area is 167 Å². The van der Waals surface area contributed by atoms with Gasteiger partial charge < -0.3 is 19.9 Å². The van der Waals surface area contributed by atoms with E-state index in [9.17, 15) is 9.59 Å². The molecular weight excluding hydrogens is 358 g/mol. The summed E-state index contributed by atoms with van der Waals surface area (Å²) in [7, 11) is 0. The fraction of sp³-hybridized carbons (Fsp3) is 0.636.